The molecule has 0 unspecified atom stereocenters. The first-order valence-electron chi connectivity index (χ1n) is 9.04. The van der Waals surface area contributed by atoms with Gasteiger partial charge in [0, 0.05) is 36.3 Å². The van der Waals surface area contributed by atoms with Crippen molar-refractivity contribution < 1.29 is 9.47 Å². The van der Waals surface area contributed by atoms with Crippen LogP contribution in [-0.2, 0) is 4.74 Å². The second-order valence-corrected chi connectivity index (χ2v) is 7.55. The zero-order valence-corrected chi connectivity index (χ0v) is 16.7. The van der Waals surface area contributed by atoms with Crippen LogP contribution in [0.5, 0.6) is 5.75 Å². The van der Waals surface area contributed by atoms with Gasteiger partial charge >= 0.3 is 0 Å². The fourth-order valence-electron chi connectivity index (χ4n) is 2.82. The van der Waals surface area contributed by atoms with Gasteiger partial charge in [0.05, 0.1) is 37.4 Å². The molecule has 1 heterocycles. The van der Waals surface area contributed by atoms with Gasteiger partial charge in [-0.05, 0) is 42.8 Å². The zero-order valence-electron chi connectivity index (χ0n) is 15.9. The van der Waals surface area contributed by atoms with Crippen LogP contribution < -0.4 is 10.5 Å². The Bertz CT molecular complexity index is 774. The number of aryl methyl sites for hydroxylation is 1. The summed E-state index contributed by atoms with van der Waals surface area (Å²) >= 11 is 1.86. The van der Waals surface area contributed by atoms with Crippen molar-refractivity contribution in [1.82, 2.24) is 4.90 Å². The highest BCUT2D eigenvalue weighted by Gasteiger charge is 2.09. The van der Waals surface area contributed by atoms with Gasteiger partial charge in [-0.1, -0.05) is 0 Å². The van der Waals surface area contributed by atoms with E-state index in [0.717, 1.165) is 55.5 Å². The Morgan fingerprint density at radius 3 is 2.59 bits per heavy atom. The Morgan fingerprint density at radius 1 is 1.15 bits per heavy atom. The van der Waals surface area contributed by atoms with Crippen LogP contribution in [0.3, 0.4) is 0 Å². The predicted octanol–water partition coefficient (Wildman–Crippen LogP) is 4.43. The molecule has 0 spiro atoms. The van der Waals surface area contributed by atoms with Gasteiger partial charge in [0.1, 0.15) is 5.75 Å². The molecule has 1 aliphatic rings. The molecule has 7 heteroatoms. The lowest BCUT2D eigenvalue weighted by atomic mass is 10.1. The summed E-state index contributed by atoms with van der Waals surface area (Å²) in [6.45, 7) is 6.82. The van der Waals surface area contributed by atoms with Crippen LogP contribution in [0.1, 0.15) is 5.56 Å². The molecular weight excluding hydrogens is 360 g/mol. The first-order chi connectivity index (χ1) is 13.2. The van der Waals surface area contributed by atoms with Gasteiger partial charge in [0.15, 0.2) is 0 Å². The average molecular weight is 387 g/mol. The summed E-state index contributed by atoms with van der Waals surface area (Å²) in [5.74, 6) is 1.69. The predicted molar refractivity (Wildman–Crippen MR) is 111 cm³/mol. The molecule has 0 aliphatic carbocycles. The summed E-state index contributed by atoms with van der Waals surface area (Å²) in [5.41, 5.74) is 9.05. The molecule has 2 aromatic rings. The molecule has 0 aromatic heterocycles. The van der Waals surface area contributed by atoms with Crippen LogP contribution in [0.15, 0.2) is 51.5 Å². The number of nitrogens with two attached hydrogens (primary N) is 1. The van der Waals surface area contributed by atoms with Gasteiger partial charge in [-0.3, -0.25) is 4.90 Å². The van der Waals surface area contributed by atoms with E-state index in [4.69, 9.17) is 15.2 Å². The number of nitrogens with zero attached hydrogens (tertiary/aromatic N) is 3. The topological polar surface area (TPSA) is 72.4 Å². The van der Waals surface area contributed by atoms with Crippen LogP contribution in [0.2, 0.25) is 0 Å². The van der Waals surface area contributed by atoms with E-state index in [1.54, 1.807) is 7.11 Å². The van der Waals surface area contributed by atoms with Crippen molar-refractivity contribution in [3.05, 3.63) is 42.0 Å². The number of anilines is 1. The van der Waals surface area contributed by atoms with Gasteiger partial charge in [0.25, 0.3) is 0 Å². The fourth-order valence-corrected chi connectivity index (χ4v) is 3.74. The third kappa shape index (κ3) is 5.69. The lowest BCUT2D eigenvalue weighted by molar-refractivity contribution is 0.0410. The first-order valence-corrected chi connectivity index (χ1v) is 10.0. The van der Waals surface area contributed by atoms with Crippen LogP contribution in [-0.4, -0.2) is 50.6 Å². The second kappa shape index (κ2) is 9.73. The maximum Gasteiger partial charge on any atom is 0.143 e. The monoisotopic (exact) mass is 386 g/mol. The van der Waals surface area contributed by atoms with Crippen LogP contribution in [0.4, 0.5) is 17.1 Å². The molecule has 6 nitrogen and oxygen atoms in total. The number of morpholine rings is 1. The highest BCUT2D eigenvalue weighted by Crippen LogP contribution is 2.32. The van der Waals surface area contributed by atoms with E-state index >= 15 is 0 Å². The Balaban J connectivity index is 1.55. The van der Waals surface area contributed by atoms with Crippen molar-refractivity contribution in [3.63, 3.8) is 0 Å². The van der Waals surface area contributed by atoms with E-state index < -0.39 is 0 Å². The second-order valence-electron chi connectivity index (χ2n) is 6.38. The van der Waals surface area contributed by atoms with Crippen molar-refractivity contribution in [2.75, 3.05) is 51.4 Å². The molecule has 144 valence electrons. The van der Waals surface area contributed by atoms with Crippen LogP contribution >= 0.6 is 11.8 Å². The van der Waals surface area contributed by atoms with Gasteiger partial charge in [-0.15, -0.1) is 11.8 Å². The highest BCUT2D eigenvalue weighted by atomic mass is 32.2. The SMILES string of the molecule is COc1cc(N=Nc2ccc(SCCN3CCOCC3)cc2)c(C)cc1N. The Kier molecular flexibility index (Phi) is 7.09. The lowest BCUT2D eigenvalue weighted by Gasteiger charge is -2.26. The normalized spacial score (nSPS) is 15.3. The zero-order chi connectivity index (χ0) is 19.1. The number of rotatable bonds is 7. The van der Waals surface area contributed by atoms with Crippen molar-refractivity contribution in [3.8, 4) is 5.75 Å². The molecular formula is C20H26N4O2S. The molecule has 2 N–H and O–H groups in total. The molecule has 1 aliphatic heterocycles. The van der Waals surface area contributed by atoms with E-state index in [1.165, 1.54) is 4.90 Å². The minimum atomic E-state index is 0.604. The summed E-state index contributed by atoms with van der Waals surface area (Å²) in [4.78, 5) is 3.69. The number of benzene rings is 2. The van der Waals surface area contributed by atoms with E-state index in [1.807, 2.05) is 43.0 Å². The van der Waals surface area contributed by atoms with Crippen molar-refractivity contribution in [2.24, 2.45) is 10.2 Å². The molecule has 1 fully saturated rings. The van der Waals surface area contributed by atoms with Crippen molar-refractivity contribution >= 4 is 28.8 Å². The molecule has 0 atom stereocenters. The third-order valence-electron chi connectivity index (χ3n) is 4.44. The number of ether oxygens (including phenoxy) is 2. The van der Waals surface area contributed by atoms with E-state index in [-0.39, 0.29) is 0 Å². The maximum absolute atomic E-state index is 5.90. The minimum Gasteiger partial charge on any atom is -0.495 e. The summed E-state index contributed by atoms with van der Waals surface area (Å²) in [6.07, 6.45) is 0. The van der Waals surface area contributed by atoms with E-state index in [2.05, 4.69) is 27.3 Å². The summed E-state index contributed by atoms with van der Waals surface area (Å²) in [7, 11) is 1.59. The van der Waals surface area contributed by atoms with Gasteiger partial charge in [-0.25, -0.2) is 0 Å². The molecule has 27 heavy (non-hydrogen) atoms. The number of hydrogen-bond acceptors (Lipinski definition) is 7. The minimum absolute atomic E-state index is 0.604. The summed E-state index contributed by atoms with van der Waals surface area (Å²) < 4.78 is 10.6. The summed E-state index contributed by atoms with van der Waals surface area (Å²) in [6, 6.07) is 11.8. The fraction of sp³-hybridized carbons (Fsp3) is 0.400. The Morgan fingerprint density at radius 2 is 1.89 bits per heavy atom. The maximum atomic E-state index is 5.90. The van der Waals surface area contributed by atoms with Gasteiger partial charge in [-0.2, -0.15) is 10.2 Å². The van der Waals surface area contributed by atoms with Crippen LogP contribution in [0, 0.1) is 6.92 Å². The molecule has 1 saturated heterocycles. The van der Waals surface area contributed by atoms with Crippen LogP contribution in [0.25, 0.3) is 0 Å². The highest BCUT2D eigenvalue weighted by molar-refractivity contribution is 7.99. The number of nitrogen functional groups attached to an aromatic ring is 1. The Labute approximate surface area is 164 Å². The average Bonchev–Trinajstić information content (AvgIpc) is 2.69. The molecule has 0 amide bonds. The molecule has 0 radical (unpaired) electrons. The smallest absolute Gasteiger partial charge is 0.143 e. The largest absolute Gasteiger partial charge is 0.495 e. The molecule has 3 rings (SSSR count). The van der Waals surface area contributed by atoms with E-state index in [9.17, 15) is 0 Å². The van der Waals surface area contributed by atoms with E-state index in [0.29, 0.717) is 11.4 Å². The van der Waals surface area contributed by atoms with Gasteiger partial charge < -0.3 is 15.2 Å². The number of thioether (sulfide) groups is 1. The Hall–Kier alpha value is -2.09. The first kappa shape index (κ1) is 19.7. The van der Waals surface area contributed by atoms with Gasteiger partial charge in [0.2, 0.25) is 0 Å². The molecule has 0 bridgehead atoms. The number of methoxy groups -OCH3 is 1. The van der Waals surface area contributed by atoms with Crippen molar-refractivity contribution in [1.29, 1.82) is 0 Å². The summed E-state index contributed by atoms with van der Waals surface area (Å²) in [5, 5.41) is 8.68. The number of azo groups is 1. The third-order valence-corrected chi connectivity index (χ3v) is 5.43. The number of hydrogen-bond donors (Lipinski definition) is 1. The van der Waals surface area contributed by atoms with Crippen molar-refractivity contribution in [2.45, 2.75) is 11.8 Å². The quantitative estimate of drug-likeness (QED) is 0.433. The standard InChI is InChI=1S/C20H26N4O2S/c1-15-13-18(21)20(25-2)14-19(15)23-22-16-3-5-17(6-4-16)27-12-9-24-7-10-26-11-8-24/h3-6,13-14H,7-12,21H2,1-2H3. The lowest BCUT2D eigenvalue weighted by Crippen LogP contribution is -2.37. The molecule has 2 aromatic carbocycles. The molecule has 0 saturated carbocycles.